The quantitative estimate of drug-likeness (QED) is 0.409. The summed E-state index contributed by atoms with van der Waals surface area (Å²) in [5.74, 6) is 0. The first-order valence-electron chi connectivity index (χ1n) is 5.26. The average Bonchev–Trinajstić information content (AvgIpc) is 2.06. The van der Waals surface area contributed by atoms with Gasteiger partial charge < -0.3 is 0 Å². The molecule has 2 nitrogen and oxygen atoms in total. The summed E-state index contributed by atoms with van der Waals surface area (Å²) < 4.78 is 9.42. The summed E-state index contributed by atoms with van der Waals surface area (Å²) in [5, 5.41) is 0. The van der Waals surface area contributed by atoms with Gasteiger partial charge in [0.2, 0.25) is 0 Å². The van der Waals surface area contributed by atoms with E-state index in [2.05, 4.69) is 20.8 Å². The fraction of sp³-hybridized carbons (Fsp3) is 1.00. The van der Waals surface area contributed by atoms with Crippen LogP contribution in [0, 0.1) is 0 Å². The molecule has 0 saturated carbocycles. The van der Waals surface area contributed by atoms with Gasteiger partial charge in [-0.25, -0.2) is 0 Å². The van der Waals surface area contributed by atoms with Gasteiger partial charge in [0.15, 0.2) is 0 Å². The van der Waals surface area contributed by atoms with E-state index in [4.69, 9.17) is 7.73 Å². The molecule has 0 amide bonds. The Labute approximate surface area is 88.2 Å². The molecule has 3 heteroatoms. The van der Waals surface area contributed by atoms with Gasteiger partial charge in [-0.3, -0.25) is 0 Å². The summed E-state index contributed by atoms with van der Waals surface area (Å²) in [5.41, 5.74) is -0.162. The van der Waals surface area contributed by atoms with Crippen LogP contribution in [0.3, 0.4) is 0 Å². The third-order valence-corrected chi connectivity index (χ3v) is 19.1. The van der Waals surface area contributed by atoms with Crippen LogP contribution in [0.15, 0.2) is 0 Å². The van der Waals surface area contributed by atoms with Crippen LogP contribution in [0.25, 0.3) is 0 Å². The molecule has 0 saturated heterocycles. The second-order valence-corrected chi connectivity index (χ2v) is 22.6. The number of rotatable bonds is 5. The van der Waals surface area contributed by atoms with E-state index >= 15 is 0 Å². The third kappa shape index (κ3) is 5.32. The molecule has 13 heavy (non-hydrogen) atoms. The Morgan fingerprint density at radius 1 is 0.923 bits per heavy atom. The van der Waals surface area contributed by atoms with Crippen molar-refractivity contribution in [3.63, 3.8) is 0 Å². The Morgan fingerprint density at radius 2 is 1.31 bits per heavy atom. The van der Waals surface area contributed by atoms with Crippen LogP contribution in [-0.2, 0) is 7.73 Å². The predicted molar refractivity (Wildman–Crippen MR) is 59.1 cm³/mol. The van der Waals surface area contributed by atoms with Gasteiger partial charge in [-0.15, -0.1) is 0 Å². The van der Waals surface area contributed by atoms with Gasteiger partial charge in [-0.1, -0.05) is 0 Å². The van der Waals surface area contributed by atoms with E-state index in [-0.39, 0.29) is 5.60 Å². The van der Waals surface area contributed by atoms with Crippen LogP contribution >= 0.6 is 0 Å². The first-order chi connectivity index (χ1) is 5.89. The minimum atomic E-state index is -2.43. The van der Waals surface area contributed by atoms with Crippen LogP contribution in [0.2, 0.25) is 11.9 Å². The number of hydrogen-bond donors (Lipinski definition) is 0. The Hall–Kier alpha value is 0.842. The summed E-state index contributed by atoms with van der Waals surface area (Å²) >= 11 is -2.43. The standard InChI is InChI=1S/C4H10O2.3C2H5.Pb/c1-4(2,3)6-5;3*1-2;/h5H,1-3H3;3*1H2,2H3;/q;;;;+1/p-1. The van der Waals surface area contributed by atoms with E-state index in [1.54, 1.807) is 0 Å². The Kier molecular flexibility index (Phi) is 6.02. The van der Waals surface area contributed by atoms with Crippen LogP contribution < -0.4 is 0 Å². The fourth-order valence-electron chi connectivity index (χ4n) is 1.14. The molecule has 0 rings (SSSR count). The average molecular weight is 384 g/mol. The van der Waals surface area contributed by atoms with Crippen molar-refractivity contribution in [2.24, 2.45) is 0 Å². The Morgan fingerprint density at radius 3 is 1.54 bits per heavy atom. The van der Waals surface area contributed by atoms with Crippen LogP contribution in [0.4, 0.5) is 0 Å². The first kappa shape index (κ1) is 13.8. The number of hydrogen-bond acceptors (Lipinski definition) is 2. The molecular weight excluding hydrogens is 359 g/mol. The molecule has 0 N–H and O–H groups in total. The van der Waals surface area contributed by atoms with Gasteiger partial charge in [0.25, 0.3) is 0 Å². The van der Waals surface area contributed by atoms with Gasteiger partial charge in [0, 0.05) is 0 Å². The van der Waals surface area contributed by atoms with Crippen molar-refractivity contribution >= 4 is 21.6 Å². The maximum absolute atomic E-state index is 5.76. The van der Waals surface area contributed by atoms with Crippen LogP contribution in [-0.4, -0.2) is 27.2 Å². The molecule has 0 aromatic carbocycles. The minimum absolute atomic E-state index is 0.162. The summed E-state index contributed by atoms with van der Waals surface area (Å²) in [6.07, 6.45) is 0. The summed E-state index contributed by atoms with van der Waals surface area (Å²) in [6, 6.07) is 0. The molecule has 0 heterocycles. The van der Waals surface area contributed by atoms with E-state index in [9.17, 15) is 0 Å². The van der Waals surface area contributed by atoms with Crippen molar-refractivity contribution in [3.8, 4) is 0 Å². The van der Waals surface area contributed by atoms with E-state index in [1.165, 1.54) is 11.9 Å². The fourth-order valence-corrected chi connectivity index (χ4v) is 10.0. The van der Waals surface area contributed by atoms with E-state index in [0.717, 1.165) is 0 Å². The zero-order valence-electron chi connectivity index (χ0n) is 9.94. The van der Waals surface area contributed by atoms with E-state index < -0.39 is 21.6 Å². The molecular formula is C10H24O2Pb. The SMILES string of the molecule is C[CH2][Pb]([CH2]C)([CH2]C)[O]OC(C)(C)C. The molecule has 0 aliphatic carbocycles. The van der Waals surface area contributed by atoms with Crippen molar-refractivity contribution in [2.45, 2.75) is 59.1 Å². The van der Waals surface area contributed by atoms with E-state index in [0.29, 0.717) is 0 Å². The van der Waals surface area contributed by atoms with E-state index in [1.807, 2.05) is 20.8 Å². The third-order valence-electron chi connectivity index (χ3n) is 2.40. The van der Waals surface area contributed by atoms with Crippen molar-refractivity contribution < 1.29 is 7.73 Å². The molecule has 0 bridgehead atoms. The van der Waals surface area contributed by atoms with Crippen LogP contribution in [0.1, 0.15) is 41.5 Å². The topological polar surface area (TPSA) is 18.5 Å². The van der Waals surface area contributed by atoms with Crippen LogP contribution in [0.5, 0.6) is 0 Å². The zero-order valence-corrected chi connectivity index (χ0v) is 13.8. The first-order valence-corrected chi connectivity index (χ1v) is 15.1. The molecule has 0 unspecified atom stereocenters. The molecule has 0 atom stereocenters. The summed E-state index contributed by atoms with van der Waals surface area (Å²) in [4.78, 5) is 5.47. The van der Waals surface area contributed by atoms with Crippen molar-refractivity contribution in [3.05, 3.63) is 0 Å². The van der Waals surface area contributed by atoms with Crippen molar-refractivity contribution in [1.82, 2.24) is 0 Å². The summed E-state index contributed by atoms with van der Waals surface area (Å²) in [7, 11) is 0. The maximum atomic E-state index is 5.76. The van der Waals surface area contributed by atoms with Gasteiger partial charge in [0.1, 0.15) is 0 Å². The monoisotopic (exact) mass is 384 g/mol. The Bertz CT molecular complexity index is 128. The normalized spacial score (nSPS) is 13.4. The van der Waals surface area contributed by atoms with Gasteiger partial charge in [-0.05, 0) is 0 Å². The predicted octanol–water partition coefficient (Wildman–Crippen LogP) is 3.74. The van der Waals surface area contributed by atoms with Crippen molar-refractivity contribution in [2.75, 3.05) is 0 Å². The molecule has 0 aromatic rings. The molecule has 0 spiro atoms. The molecule has 0 aliphatic heterocycles. The zero-order chi connectivity index (χ0) is 10.5. The molecule has 0 radical (unpaired) electrons. The van der Waals surface area contributed by atoms with Gasteiger partial charge >= 0.3 is 88.4 Å². The van der Waals surface area contributed by atoms with Gasteiger partial charge in [-0.2, -0.15) is 0 Å². The van der Waals surface area contributed by atoms with Gasteiger partial charge in [0.05, 0.1) is 0 Å². The Balaban J connectivity index is 4.11. The second kappa shape index (κ2) is 5.66. The molecule has 0 aliphatic rings. The molecule has 0 aromatic heterocycles. The van der Waals surface area contributed by atoms with Crippen molar-refractivity contribution in [1.29, 1.82) is 0 Å². The second-order valence-electron chi connectivity index (χ2n) is 4.52. The summed E-state index contributed by atoms with van der Waals surface area (Å²) in [6.45, 7) is 12.8. The molecule has 80 valence electrons. The molecule has 0 fully saturated rings.